The number of esters is 1. The number of nitrogens with zero attached hydrogens (tertiary/aromatic N) is 1. The van der Waals surface area contributed by atoms with Crippen LogP contribution in [0.25, 0.3) is 0 Å². The highest BCUT2D eigenvalue weighted by atomic mass is 16.5. The molecule has 0 fully saturated rings. The van der Waals surface area contributed by atoms with Gasteiger partial charge in [0.25, 0.3) is 0 Å². The average Bonchev–Trinajstić information content (AvgIpc) is 2.17. The Morgan fingerprint density at radius 2 is 2.43 bits per heavy atom. The maximum absolute atomic E-state index is 10.9. The summed E-state index contributed by atoms with van der Waals surface area (Å²) in [4.78, 5) is 14.7. The zero-order valence-electron chi connectivity index (χ0n) is 7.80. The van der Waals surface area contributed by atoms with Gasteiger partial charge in [0, 0.05) is 12.2 Å². The number of methoxy groups -OCH3 is 1. The van der Waals surface area contributed by atoms with Gasteiger partial charge in [0.05, 0.1) is 19.7 Å². The number of aromatic hydroxyl groups is 1. The minimum atomic E-state index is -0.498. The van der Waals surface area contributed by atoms with Gasteiger partial charge < -0.3 is 15.6 Å². The summed E-state index contributed by atoms with van der Waals surface area (Å²) in [6, 6.07) is 0.975. The lowest BCUT2D eigenvalue weighted by atomic mass is 10.1. The summed E-state index contributed by atoms with van der Waals surface area (Å²) in [7, 11) is 1.30. The van der Waals surface area contributed by atoms with Gasteiger partial charge in [-0.05, 0) is 11.6 Å². The molecule has 0 saturated heterocycles. The van der Waals surface area contributed by atoms with E-state index in [2.05, 4.69) is 9.72 Å². The molecular formula is C9H12N2O3. The molecule has 1 rings (SSSR count). The van der Waals surface area contributed by atoms with Crippen molar-refractivity contribution >= 4 is 5.97 Å². The van der Waals surface area contributed by atoms with Crippen molar-refractivity contribution in [3.63, 3.8) is 0 Å². The van der Waals surface area contributed by atoms with Crippen molar-refractivity contribution < 1.29 is 14.6 Å². The quantitative estimate of drug-likeness (QED) is 0.681. The molecule has 1 aromatic heterocycles. The third-order valence-corrected chi connectivity index (χ3v) is 1.79. The Balaban J connectivity index is 2.69. The molecule has 14 heavy (non-hydrogen) atoms. The van der Waals surface area contributed by atoms with E-state index in [1.807, 2.05) is 0 Å². The highest BCUT2D eigenvalue weighted by Crippen LogP contribution is 2.17. The number of rotatable bonds is 3. The Morgan fingerprint density at radius 1 is 1.71 bits per heavy atom. The zero-order valence-corrected chi connectivity index (χ0v) is 7.80. The van der Waals surface area contributed by atoms with Crippen molar-refractivity contribution in [2.75, 3.05) is 7.11 Å². The summed E-state index contributed by atoms with van der Waals surface area (Å²) >= 11 is 0. The first kappa shape index (κ1) is 10.5. The van der Waals surface area contributed by atoms with Crippen molar-refractivity contribution in [3.05, 3.63) is 24.0 Å². The van der Waals surface area contributed by atoms with Crippen LogP contribution >= 0.6 is 0 Å². The standard InChI is InChI=1S/C9H12N2O3/c1-14-9(13)3-8(10)6-2-7(12)5-11-4-6/h2,4-5,8,12H,3,10H2,1H3/t8-/m1/s1. The van der Waals surface area contributed by atoms with E-state index in [0.717, 1.165) is 0 Å². The number of carbonyl (C=O) groups excluding carboxylic acids is 1. The van der Waals surface area contributed by atoms with Gasteiger partial charge in [0.2, 0.25) is 0 Å². The fourth-order valence-corrected chi connectivity index (χ4v) is 1.03. The molecule has 1 aromatic rings. The molecule has 1 heterocycles. The lowest BCUT2D eigenvalue weighted by molar-refractivity contribution is -0.141. The summed E-state index contributed by atoms with van der Waals surface area (Å²) in [5.41, 5.74) is 6.30. The van der Waals surface area contributed by atoms with E-state index in [1.54, 1.807) is 0 Å². The first-order valence-corrected chi connectivity index (χ1v) is 4.10. The summed E-state index contributed by atoms with van der Waals surface area (Å²) in [5.74, 6) is -0.358. The van der Waals surface area contributed by atoms with E-state index in [9.17, 15) is 4.79 Å². The minimum Gasteiger partial charge on any atom is -0.506 e. The van der Waals surface area contributed by atoms with Crippen molar-refractivity contribution in [2.45, 2.75) is 12.5 Å². The Labute approximate surface area is 81.5 Å². The number of aromatic nitrogens is 1. The molecule has 0 aliphatic carbocycles. The topological polar surface area (TPSA) is 85.4 Å². The van der Waals surface area contributed by atoms with Gasteiger partial charge in [-0.25, -0.2) is 0 Å². The predicted molar refractivity (Wildman–Crippen MR) is 49.5 cm³/mol. The van der Waals surface area contributed by atoms with E-state index in [0.29, 0.717) is 5.56 Å². The molecular weight excluding hydrogens is 184 g/mol. The van der Waals surface area contributed by atoms with Gasteiger partial charge in [-0.15, -0.1) is 0 Å². The molecule has 0 aromatic carbocycles. The maximum Gasteiger partial charge on any atom is 0.307 e. The fourth-order valence-electron chi connectivity index (χ4n) is 1.03. The molecule has 76 valence electrons. The summed E-state index contributed by atoms with van der Waals surface area (Å²) < 4.78 is 4.47. The van der Waals surface area contributed by atoms with Gasteiger partial charge in [0.15, 0.2) is 0 Å². The number of ether oxygens (including phenoxy) is 1. The molecule has 5 nitrogen and oxygen atoms in total. The van der Waals surface area contributed by atoms with Crippen molar-refractivity contribution in [1.29, 1.82) is 0 Å². The van der Waals surface area contributed by atoms with E-state index in [-0.39, 0.29) is 18.1 Å². The second-order valence-corrected chi connectivity index (χ2v) is 2.86. The Kier molecular flexibility index (Phi) is 3.41. The third-order valence-electron chi connectivity index (χ3n) is 1.79. The van der Waals surface area contributed by atoms with Gasteiger partial charge >= 0.3 is 5.97 Å². The fraction of sp³-hybridized carbons (Fsp3) is 0.333. The van der Waals surface area contributed by atoms with Crippen LogP contribution < -0.4 is 5.73 Å². The summed E-state index contributed by atoms with van der Waals surface area (Å²) in [5, 5.41) is 9.12. The predicted octanol–water partition coefficient (Wildman–Crippen LogP) is 0.350. The molecule has 0 bridgehead atoms. The van der Waals surface area contributed by atoms with Crippen LogP contribution in [-0.4, -0.2) is 23.2 Å². The SMILES string of the molecule is COC(=O)C[C@@H](N)c1cncc(O)c1. The monoisotopic (exact) mass is 196 g/mol. The molecule has 0 amide bonds. The van der Waals surface area contributed by atoms with E-state index < -0.39 is 6.04 Å². The molecule has 0 radical (unpaired) electrons. The van der Waals surface area contributed by atoms with Crippen LogP contribution in [-0.2, 0) is 9.53 Å². The van der Waals surface area contributed by atoms with Crippen LogP contribution in [0.5, 0.6) is 5.75 Å². The molecule has 1 atom stereocenters. The molecule has 3 N–H and O–H groups in total. The number of hydrogen-bond donors (Lipinski definition) is 2. The van der Waals surface area contributed by atoms with Gasteiger partial charge in [0.1, 0.15) is 5.75 Å². The van der Waals surface area contributed by atoms with Crippen LogP contribution in [0.1, 0.15) is 18.0 Å². The summed E-state index contributed by atoms with van der Waals surface area (Å²) in [6.07, 6.45) is 2.88. The number of carbonyl (C=O) groups is 1. The second kappa shape index (κ2) is 4.57. The number of nitrogens with two attached hydrogens (primary N) is 1. The number of pyridine rings is 1. The smallest absolute Gasteiger partial charge is 0.307 e. The van der Waals surface area contributed by atoms with Gasteiger partial charge in [-0.3, -0.25) is 9.78 Å². The largest absolute Gasteiger partial charge is 0.506 e. The highest BCUT2D eigenvalue weighted by molar-refractivity contribution is 5.70. The second-order valence-electron chi connectivity index (χ2n) is 2.86. The molecule has 0 aliphatic rings. The van der Waals surface area contributed by atoms with Gasteiger partial charge in [-0.1, -0.05) is 0 Å². The molecule has 0 unspecified atom stereocenters. The van der Waals surface area contributed by atoms with E-state index >= 15 is 0 Å². The molecule has 0 spiro atoms. The Morgan fingerprint density at radius 3 is 3.00 bits per heavy atom. The van der Waals surface area contributed by atoms with Crippen LogP contribution in [0.4, 0.5) is 0 Å². The van der Waals surface area contributed by atoms with E-state index in [4.69, 9.17) is 10.8 Å². The highest BCUT2D eigenvalue weighted by Gasteiger charge is 2.12. The van der Waals surface area contributed by atoms with Crippen molar-refractivity contribution in [1.82, 2.24) is 4.98 Å². The molecule has 0 saturated carbocycles. The van der Waals surface area contributed by atoms with Crippen LogP contribution in [0, 0.1) is 0 Å². The lowest BCUT2D eigenvalue weighted by Crippen LogP contribution is -2.16. The van der Waals surface area contributed by atoms with Crippen molar-refractivity contribution in [3.8, 4) is 5.75 Å². The van der Waals surface area contributed by atoms with Gasteiger partial charge in [-0.2, -0.15) is 0 Å². The van der Waals surface area contributed by atoms with Crippen LogP contribution in [0.2, 0.25) is 0 Å². The lowest BCUT2D eigenvalue weighted by Gasteiger charge is -2.09. The molecule has 5 heteroatoms. The summed E-state index contributed by atoms with van der Waals surface area (Å²) in [6.45, 7) is 0. The zero-order chi connectivity index (χ0) is 10.6. The minimum absolute atomic E-state index is 0.0304. The average molecular weight is 196 g/mol. The Hall–Kier alpha value is -1.62. The maximum atomic E-state index is 10.9. The van der Waals surface area contributed by atoms with Crippen molar-refractivity contribution in [2.24, 2.45) is 5.73 Å². The van der Waals surface area contributed by atoms with E-state index in [1.165, 1.54) is 25.6 Å². The van der Waals surface area contributed by atoms with Crippen LogP contribution in [0.3, 0.4) is 0 Å². The normalized spacial score (nSPS) is 12.1. The third kappa shape index (κ3) is 2.70. The first-order chi connectivity index (χ1) is 6.63. The molecule has 0 aliphatic heterocycles. The Bertz CT molecular complexity index is 328. The number of hydrogen-bond acceptors (Lipinski definition) is 5. The van der Waals surface area contributed by atoms with Crippen LogP contribution in [0.15, 0.2) is 18.5 Å². The first-order valence-electron chi connectivity index (χ1n) is 4.10.